The van der Waals surface area contributed by atoms with Gasteiger partial charge in [-0.3, -0.25) is 0 Å². The SMILES string of the molecule is CCCCCCC1(c2cc(O)c3c(c2)OC(C)(C)[C@@H]2CC=C(C)C[C@@H]32)Sc2ccccc2S1. The predicted molar refractivity (Wildman–Crippen MR) is 141 cm³/mol. The molecule has 5 rings (SSSR count). The first-order valence-electron chi connectivity index (χ1n) is 12.5. The van der Waals surface area contributed by atoms with Crippen LogP contribution < -0.4 is 4.74 Å². The molecule has 2 aliphatic heterocycles. The normalized spacial score (nSPS) is 24.3. The van der Waals surface area contributed by atoms with Crippen molar-refractivity contribution >= 4 is 23.5 Å². The van der Waals surface area contributed by atoms with Crippen molar-refractivity contribution < 1.29 is 9.84 Å². The summed E-state index contributed by atoms with van der Waals surface area (Å²) in [6.45, 7) is 8.93. The predicted octanol–water partition coefficient (Wildman–Crippen LogP) is 9.02. The second-order valence-electron chi connectivity index (χ2n) is 10.5. The standard InChI is InChI=1S/C29H36O2S2/c1-5-6-7-10-15-29(32-25-11-8-9-12-26(25)33-29)20-17-23(30)27-21-16-19(2)13-14-22(21)28(3,4)31-24(27)18-20/h8-9,11-13,17-18,21-22,30H,5-7,10,14-16H2,1-4H3/t21-,22-/m1/s1. The summed E-state index contributed by atoms with van der Waals surface area (Å²) in [5, 5.41) is 11.4. The highest BCUT2D eigenvalue weighted by molar-refractivity contribution is 8.20. The number of rotatable bonds is 6. The van der Waals surface area contributed by atoms with Crippen molar-refractivity contribution in [1.82, 2.24) is 0 Å². The number of hydrogen-bond acceptors (Lipinski definition) is 4. The van der Waals surface area contributed by atoms with Gasteiger partial charge in [0, 0.05) is 27.2 Å². The van der Waals surface area contributed by atoms with Crippen LogP contribution in [0.3, 0.4) is 0 Å². The summed E-state index contributed by atoms with van der Waals surface area (Å²) >= 11 is 3.93. The van der Waals surface area contributed by atoms with Crippen LogP contribution in [0.1, 0.15) is 89.7 Å². The second-order valence-corrected chi connectivity index (χ2v) is 13.5. The molecule has 3 aliphatic rings. The summed E-state index contributed by atoms with van der Waals surface area (Å²) < 4.78 is 6.55. The van der Waals surface area contributed by atoms with Crippen LogP contribution in [0.5, 0.6) is 11.5 Å². The zero-order valence-electron chi connectivity index (χ0n) is 20.3. The van der Waals surface area contributed by atoms with Crippen LogP contribution in [0.4, 0.5) is 0 Å². The highest BCUT2D eigenvalue weighted by Crippen LogP contribution is 2.65. The van der Waals surface area contributed by atoms with Crippen LogP contribution in [0, 0.1) is 5.92 Å². The Balaban J connectivity index is 1.55. The fourth-order valence-corrected chi connectivity index (χ4v) is 9.19. The number of fused-ring (bicyclic) bond motifs is 4. The number of phenolic OH excluding ortho intramolecular Hbond substituents is 1. The molecular weight excluding hydrogens is 444 g/mol. The number of ether oxygens (including phenoxy) is 1. The van der Waals surface area contributed by atoms with Gasteiger partial charge in [0.15, 0.2) is 0 Å². The minimum atomic E-state index is -0.243. The van der Waals surface area contributed by atoms with Gasteiger partial charge in [0.25, 0.3) is 0 Å². The Morgan fingerprint density at radius 1 is 1.06 bits per heavy atom. The molecule has 2 aromatic carbocycles. The van der Waals surface area contributed by atoms with Gasteiger partial charge in [-0.15, -0.1) is 23.5 Å². The summed E-state index contributed by atoms with van der Waals surface area (Å²) in [5.41, 5.74) is 3.40. The Kier molecular flexibility index (Phi) is 6.28. The highest BCUT2D eigenvalue weighted by Gasteiger charge is 2.47. The van der Waals surface area contributed by atoms with E-state index in [1.54, 1.807) is 0 Å². The third kappa shape index (κ3) is 4.23. The van der Waals surface area contributed by atoms with Crippen LogP contribution in [0.2, 0.25) is 0 Å². The van der Waals surface area contributed by atoms with Gasteiger partial charge in [-0.2, -0.15) is 0 Å². The molecule has 0 bridgehead atoms. The quantitative estimate of drug-likeness (QED) is 0.330. The monoisotopic (exact) mass is 480 g/mol. The fourth-order valence-electron chi connectivity index (χ4n) is 5.93. The molecule has 0 saturated carbocycles. The molecule has 4 heteroatoms. The lowest BCUT2D eigenvalue weighted by atomic mass is 9.67. The Morgan fingerprint density at radius 3 is 2.48 bits per heavy atom. The van der Waals surface area contributed by atoms with E-state index in [4.69, 9.17) is 4.74 Å². The van der Waals surface area contributed by atoms with Gasteiger partial charge in [0.1, 0.15) is 17.1 Å². The van der Waals surface area contributed by atoms with E-state index >= 15 is 0 Å². The van der Waals surface area contributed by atoms with Crippen LogP contribution in [0.25, 0.3) is 0 Å². The number of phenols is 1. The molecule has 0 amide bonds. The Labute approximate surface area is 207 Å². The van der Waals surface area contributed by atoms with Crippen LogP contribution in [0.15, 0.2) is 57.8 Å². The minimum Gasteiger partial charge on any atom is -0.508 e. The summed E-state index contributed by atoms with van der Waals surface area (Å²) in [6, 6.07) is 13.1. The number of aromatic hydroxyl groups is 1. The largest absolute Gasteiger partial charge is 0.508 e. The van der Waals surface area contributed by atoms with Crippen molar-refractivity contribution in [3.05, 3.63) is 59.2 Å². The number of allylic oxidation sites excluding steroid dienone is 2. The zero-order valence-corrected chi connectivity index (χ0v) is 22.0. The van der Waals surface area contributed by atoms with Gasteiger partial charge in [-0.25, -0.2) is 0 Å². The number of hydrogen-bond donors (Lipinski definition) is 1. The molecule has 2 aromatic rings. The topological polar surface area (TPSA) is 29.5 Å². The lowest BCUT2D eigenvalue weighted by Gasteiger charge is -2.47. The number of benzene rings is 2. The maximum atomic E-state index is 11.4. The van der Waals surface area contributed by atoms with Crippen molar-refractivity contribution in [3.63, 3.8) is 0 Å². The third-order valence-corrected chi connectivity index (χ3v) is 11.0. The molecule has 1 N–H and O–H groups in total. The van der Waals surface area contributed by atoms with Crippen molar-refractivity contribution in [1.29, 1.82) is 0 Å². The van der Waals surface area contributed by atoms with Crippen molar-refractivity contribution in [2.45, 2.75) is 98.0 Å². The summed E-state index contributed by atoms with van der Waals surface area (Å²) in [5.74, 6) is 2.04. The molecular formula is C29H36O2S2. The van der Waals surface area contributed by atoms with Crippen molar-refractivity contribution in [3.8, 4) is 11.5 Å². The molecule has 0 saturated heterocycles. The van der Waals surface area contributed by atoms with Crippen LogP contribution >= 0.6 is 23.5 Å². The molecule has 2 heterocycles. The maximum absolute atomic E-state index is 11.4. The average Bonchev–Trinajstić information content (AvgIpc) is 3.15. The number of unbranched alkanes of at least 4 members (excludes halogenated alkanes) is 3. The van der Waals surface area contributed by atoms with Gasteiger partial charge in [-0.05, 0) is 69.9 Å². The molecule has 0 radical (unpaired) electrons. The minimum absolute atomic E-state index is 0.114. The molecule has 0 fully saturated rings. The Hall–Kier alpha value is -1.52. The maximum Gasteiger partial charge on any atom is 0.127 e. The van der Waals surface area contributed by atoms with E-state index in [0.717, 1.165) is 30.6 Å². The van der Waals surface area contributed by atoms with Crippen molar-refractivity contribution in [2.75, 3.05) is 0 Å². The van der Waals surface area contributed by atoms with Gasteiger partial charge in [0.2, 0.25) is 0 Å². The van der Waals surface area contributed by atoms with Gasteiger partial charge in [-0.1, -0.05) is 56.4 Å². The van der Waals surface area contributed by atoms with Gasteiger partial charge >= 0.3 is 0 Å². The lowest BCUT2D eigenvalue weighted by molar-refractivity contribution is 0.00751. The van der Waals surface area contributed by atoms with Gasteiger partial charge < -0.3 is 9.84 Å². The van der Waals surface area contributed by atoms with Gasteiger partial charge in [0.05, 0.1) is 4.08 Å². The number of thioether (sulfide) groups is 2. The molecule has 2 atom stereocenters. The first-order valence-corrected chi connectivity index (χ1v) is 14.2. The molecule has 33 heavy (non-hydrogen) atoms. The van der Waals surface area contributed by atoms with E-state index in [-0.39, 0.29) is 9.68 Å². The average molecular weight is 481 g/mol. The van der Waals surface area contributed by atoms with Crippen LogP contribution in [-0.2, 0) is 4.08 Å². The zero-order chi connectivity index (χ0) is 23.2. The first kappa shape index (κ1) is 23.2. The molecule has 2 nitrogen and oxygen atoms in total. The molecule has 176 valence electrons. The Bertz CT molecular complexity index is 1050. The summed E-state index contributed by atoms with van der Waals surface area (Å²) in [6.07, 6.45) is 10.4. The molecule has 0 spiro atoms. The molecule has 1 aliphatic carbocycles. The summed E-state index contributed by atoms with van der Waals surface area (Å²) in [4.78, 5) is 2.70. The van der Waals surface area contributed by atoms with E-state index in [1.165, 1.54) is 46.6 Å². The van der Waals surface area contributed by atoms with Crippen molar-refractivity contribution in [2.24, 2.45) is 5.92 Å². The molecule has 0 unspecified atom stereocenters. The third-order valence-electron chi connectivity index (χ3n) is 7.70. The fraction of sp³-hybridized carbons (Fsp3) is 0.517. The Morgan fingerprint density at radius 2 is 1.79 bits per heavy atom. The smallest absolute Gasteiger partial charge is 0.127 e. The van der Waals surface area contributed by atoms with E-state index in [9.17, 15) is 5.11 Å². The van der Waals surface area contributed by atoms with E-state index in [2.05, 4.69) is 70.2 Å². The van der Waals surface area contributed by atoms with E-state index in [1.807, 2.05) is 23.5 Å². The highest BCUT2D eigenvalue weighted by atomic mass is 32.2. The van der Waals surface area contributed by atoms with Crippen LogP contribution in [-0.4, -0.2) is 10.7 Å². The lowest BCUT2D eigenvalue weighted by Crippen LogP contribution is -2.45. The first-order chi connectivity index (χ1) is 15.8. The summed E-state index contributed by atoms with van der Waals surface area (Å²) in [7, 11) is 0. The second kappa shape index (κ2) is 8.92. The molecule has 0 aromatic heterocycles. The van der Waals surface area contributed by atoms with E-state index < -0.39 is 0 Å². The van der Waals surface area contributed by atoms with E-state index in [0.29, 0.717) is 17.6 Å².